The number of benzene rings is 2. The van der Waals surface area contributed by atoms with Gasteiger partial charge in [0.15, 0.2) is 0 Å². The van der Waals surface area contributed by atoms with E-state index in [0.29, 0.717) is 31.1 Å². The molecule has 0 aliphatic heterocycles. The van der Waals surface area contributed by atoms with Crippen LogP contribution in [0.4, 0.5) is 0 Å². The molecule has 0 fully saturated rings. The van der Waals surface area contributed by atoms with Gasteiger partial charge in [-0.15, -0.1) is 23.1 Å². The number of aryl methyl sites for hydroxylation is 2. The molecule has 2 aromatic carbocycles. The molecule has 3 rings (SSSR count). The SMILES string of the molecule is Cc1cc(C)cc(OCc2nc(C(=O)NCCNC(=O)CSc3ccccc3)cs2)c1. The zero-order chi connectivity index (χ0) is 22.1. The van der Waals surface area contributed by atoms with Crippen LogP contribution in [-0.2, 0) is 11.4 Å². The van der Waals surface area contributed by atoms with Gasteiger partial charge < -0.3 is 15.4 Å². The topological polar surface area (TPSA) is 80.3 Å². The van der Waals surface area contributed by atoms with Gasteiger partial charge in [0.25, 0.3) is 5.91 Å². The van der Waals surface area contributed by atoms with Crippen molar-refractivity contribution in [3.05, 3.63) is 75.7 Å². The van der Waals surface area contributed by atoms with Crippen molar-refractivity contribution in [1.82, 2.24) is 15.6 Å². The van der Waals surface area contributed by atoms with Gasteiger partial charge in [-0.1, -0.05) is 24.3 Å². The number of carbonyl (C=O) groups is 2. The quantitative estimate of drug-likeness (QED) is 0.357. The van der Waals surface area contributed by atoms with E-state index in [2.05, 4.69) is 21.7 Å². The molecule has 0 spiro atoms. The number of thiazole rings is 1. The van der Waals surface area contributed by atoms with Crippen LogP contribution in [0.5, 0.6) is 5.75 Å². The molecule has 0 aliphatic rings. The molecule has 2 N–H and O–H groups in total. The Hall–Kier alpha value is -2.84. The number of hydrogen-bond donors (Lipinski definition) is 2. The Balaban J connectivity index is 1.35. The predicted molar refractivity (Wildman–Crippen MR) is 125 cm³/mol. The standard InChI is InChI=1S/C23H25N3O3S2/c1-16-10-17(2)12-18(11-16)29-13-22-26-20(14-31-22)23(28)25-9-8-24-21(27)15-30-19-6-4-3-5-7-19/h3-7,10-12,14H,8-9,13,15H2,1-2H3,(H,24,27)(H,25,28). The van der Waals surface area contributed by atoms with E-state index in [1.807, 2.05) is 56.3 Å². The van der Waals surface area contributed by atoms with E-state index in [-0.39, 0.29) is 11.8 Å². The first-order valence-corrected chi connectivity index (χ1v) is 11.7. The normalized spacial score (nSPS) is 10.5. The number of hydrogen-bond acceptors (Lipinski definition) is 6. The van der Waals surface area contributed by atoms with Crippen LogP contribution in [0, 0.1) is 13.8 Å². The molecule has 6 nitrogen and oxygen atoms in total. The highest BCUT2D eigenvalue weighted by atomic mass is 32.2. The molecule has 31 heavy (non-hydrogen) atoms. The highest BCUT2D eigenvalue weighted by molar-refractivity contribution is 8.00. The fourth-order valence-electron chi connectivity index (χ4n) is 2.83. The van der Waals surface area contributed by atoms with Gasteiger partial charge >= 0.3 is 0 Å². The number of aromatic nitrogens is 1. The van der Waals surface area contributed by atoms with Gasteiger partial charge in [-0.3, -0.25) is 9.59 Å². The Labute approximate surface area is 190 Å². The van der Waals surface area contributed by atoms with E-state index in [1.165, 1.54) is 23.1 Å². The summed E-state index contributed by atoms with van der Waals surface area (Å²) >= 11 is 2.86. The van der Waals surface area contributed by atoms with E-state index in [1.54, 1.807) is 5.38 Å². The summed E-state index contributed by atoms with van der Waals surface area (Å²) in [5, 5.41) is 8.02. The van der Waals surface area contributed by atoms with Crippen LogP contribution in [0.3, 0.4) is 0 Å². The van der Waals surface area contributed by atoms with Gasteiger partial charge in [-0.05, 0) is 49.2 Å². The van der Waals surface area contributed by atoms with Crippen LogP contribution in [0.15, 0.2) is 58.8 Å². The number of ether oxygens (including phenoxy) is 1. The first-order valence-electron chi connectivity index (χ1n) is 9.88. The van der Waals surface area contributed by atoms with Crippen molar-refractivity contribution in [2.75, 3.05) is 18.8 Å². The van der Waals surface area contributed by atoms with E-state index in [4.69, 9.17) is 4.74 Å². The van der Waals surface area contributed by atoms with Crippen molar-refractivity contribution >= 4 is 34.9 Å². The molecule has 1 aromatic heterocycles. The van der Waals surface area contributed by atoms with Crippen molar-refractivity contribution in [3.63, 3.8) is 0 Å². The minimum atomic E-state index is -0.262. The largest absolute Gasteiger partial charge is 0.486 e. The van der Waals surface area contributed by atoms with Gasteiger partial charge in [0, 0.05) is 23.4 Å². The van der Waals surface area contributed by atoms with Gasteiger partial charge in [0.2, 0.25) is 5.91 Å². The summed E-state index contributed by atoms with van der Waals surface area (Å²) in [6, 6.07) is 15.8. The molecule has 0 radical (unpaired) electrons. The Morgan fingerprint density at radius 3 is 2.48 bits per heavy atom. The van der Waals surface area contributed by atoms with Gasteiger partial charge in [-0.25, -0.2) is 4.98 Å². The fourth-order valence-corrected chi connectivity index (χ4v) is 4.26. The second kappa shape index (κ2) is 11.5. The maximum Gasteiger partial charge on any atom is 0.270 e. The number of nitrogens with one attached hydrogen (secondary N) is 2. The molecule has 3 aromatic rings. The number of amides is 2. The highest BCUT2D eigenvalue weighted by Crippen LogP contribution is 2.19. The van der Waals surface area contributed by atoms with Gasteiger partial charge in [-0.2, -0.15) is 0 Å². The Bertz CT molecular complexity index is 1000. The van der Waals surface area contributed by atoms with Crippen LogP contribution >= 0.6 is 23.1 Å². The Morgan fingerprint density at radius 2 is 1.74 bits per heavy atom. The minimum Gasteiger partial charge on any atom is -0.486 e. The molecule has 2 amide bonds. The summed E-state index contributed by atoms with van der Waals surface area (Å²) < 4.78 is 5.79. The first-order chi connectivity index (χ1) is 15.0. The maximum atomic E-state index is 12.3. The first kappa shape index (κ1) is 22.8. The van der Waals surface area contributed by atoms with Crippen LogP contribution in [-0.4, -0.2) is 35.6 Å². The molecular formula is C23H25N3O3S2. The fraction of sp³-hybridized carbons (Fsp3) is 0.261. The average Bonchev–Trinajstić information content (AvgIpc) is 3.23. The summed E-state index contributed by atoms with van der Waals surface area (Å²) in [6.07, 6.45) is 0. The predicted octanol–water partition coefficient (Wildman–Crippen LogP) is 3.98. The zero-order valence-electron chi connectivity index (χ0n) is 17.5. The third-order valence-electron chi connectivity index (χ3n) is 4.19. The lowest BCUT2D eigenvalue weighted by molar-refractivity contribution is -0.118. The molecule has 8 heteroatoms. The maximum absolute atomic E-state index is 12.3. The summed E-state index contributed by atoms with van der Waals surface area (Å²) in [5.41, 5.74) is 2.63. The minimum absolute atomic E-state index is 0.0671. The molecule has 0 saturated carbocycles. The van der Waals surface area contributed by atoms with E-state index in [9.17, 15) is 9.59 Å². The van der Waals surface area contributed by atoms with Crippen LogP contribution in [0.1, 0.15) is 26.6 Å². The third kappa shape index (κ3) is 7.73. The lowest BCUT2D eigenvalue weighted by Crippen LogP contribution is -2.35. The van der Waals surface area contributed by atoms with E-state index in [0.717, 1.165) is 26.8 Å². The van der Waals surface area contributed by atoms with Gasteiger partial charge in [0.05, 0.1) is 5.75 Å². The average molecular weight is 456 g/mol. The monoisotopic (exact) mass is 455 g/mol. The summed E-state index contributed by atoms with van der Waals surface area (Å²) in [7, 11) is 0. The molecule has 0 saturated heterocycles. The molecular weight excluding hydrogens is 430 g/mol. The summed E-state index contributed by atoms with van der Waals surface area (Å²) in [4.78, 5) is 29.5. The Kier molecular flexibility index (Phi) is 8.49. The smallest absolute Gasteiger partial charge is 0.270 e. The Morgan fingerprint density at radius 1 is 1.03 bits per heavy atom. The van der Waals surface area contributed by atoms with Crippen LogP contribution in [0.25, 0.3) is 0 Å². The number of nitrogens with zero attached hydrogens (tertiary/aromatic N) is 1. The molecule has 162 valence electrons. The lowest BCUT2D eigenvalue weighted by Gasteiger charge is -2.07. The van der Waals surface area contributed by atoms with E-state index < -0.39 is 0 Å². The molecule has 0 atom stereocenters. The van der Waals surface area contributed by atoms with Crippen molar-refractivity contribution in [3.8, 4) is 5.75 Å². The number of carbonyl (C=O) groups excluding carboxylic acids is 2. The van der Waals surface area contributed by atoms with Crippen molar-refractivity contribution in [1.29, 1.82) is 0 Å². The van der Waals surface area contributed by atoms with Crippen molar-refractivity contribution in [2.24, 2.45) is 0 Å². The molecule has 0 bridgehead atoms. The zero-order valence-corrected chi connectivity index (χ0v) is 19.1. The van der Waals surface area contributed by atoms with Gasteiger partial charge in [0.1, 0.15) is 23.1 Å². The second-order valence-electron chi connectivity index (χ2n) is 6.95. The summed E-state index contributed by atoms with van der Waals surface area (Å²) in [6.45, 7) is 5.07. The summed E-state index contributed by atoms with van der Waals surface area (Å²) in [5.74, 6) is 0.803. The third-order valence-corrected chi connectivity index (χ3v) is 6.02. The van der Waals surface area contributed by atoms with Crippen molar-refractivity contribution < 1.29 is 14.3 Å². The van der Waals surface area contributed by atoms with Crippen molar-refractivity contribution in [2.45, 2.75) is 25.3 Å². The number of thioether (sulfide) groups is 1. The van der Waals surface area contributed by atoms with Crippen LogP contribution < -0.4 is 15.4 Å². The van der Waals surface area contributed by atoms with Crippen LogP contribution in [0.2, 0.25) is 0 Å². The lowest BCUT2D eigenvalue weighted by atomic mass is 10.1. The highest BCUT2D eigenvalue weighted by Gasteiger charge is 2.11. The number of rotatable bonds is 10. The van der Waals surface area contributed by atoms with E-state index >= 15 is 0 Å². The molecule has 0 unspecified atom stereocenters. The second-order valence-corrected chi connectivity index (χ2v) is 8.94. The molecule has 0 aliphatic carbocycles. The molecule has 1 heterocycles.